The predicted octanol–water partition coefficient (Wildman–Crippen LogP) is 5.93. The van der Waals surface area contributed by atoms with Gasteiger partial charge in [0.05, 0.1) is 39.0 Å². The van der Waals surface area contributed by atoms with E-state index in [1.54, 1.807) is 48.5 Å². The molecule has 0 saturated carbocycles. The van der Waals surface area contributed by atoms with Gasteiger partial charge in [-0.25, -0.2) is 4.79 Å². The van der Waals surface area contributed by atoms with Crippen LogP contribution in [0.15, 0.2) is 102 Å². The van der Waals surface area contributed by atoms with E-state index in [9.17, 15) is 19.8 Å². The van der Waals surface area contributed by atoms with Gasteiger partial charge in [-0.15, -0.1) is 5.69 Å². The summed E-state index contributed by atoms with van der Waals surface area (Å²) in [5.74, 6) is -0.810. The number of carbonyl (C=O) groups excluding carboxylic acids is 1. The maximum absolute atomic E-state index is 13.7. The summed E-state index contributed by atoms with van der Waals surface area (Å²) in [5, 5.41) is 26.4. The second kappa shape index (κ2) is 16.9. The summed E-state index contributed by atoms with van der Waals surface area (Å²) < 4.78 is 16.2. The van der Waals surface area contributed by atoms with Crippen LogP contribution >= 0.6 is 0 Å². The van der Waals surface area contributed by atoms with E-state index in [0.717, 1.165) is 18.5 Å². The quantitative estimate of drug-likeness (QED) is 0.130. The molecule has 0 bridgehead atoms. The largest absolute Gasteiger partial charge is 0.625 e. The van der Waals surface area contributed by atoms with Crippen LogP contribution in [-0.2, 0) is 32.6 Å². The van der Waals surface area contributed by atoms with Crippen molar-refractivity contribution >= 4 is 23.3 Å². The third kappa shape index (κ3) is 8.23. The summed E-state index contributed by atoms with van der Waals surface area (Å²) in [7, 11) is 4.32. The van der Waals surface area contributed by atoms with Gasteiger partial charge in [0.15, 0.2) is 17.5 Å². The van der Waals surface area contributed by atoms with Crippen molar-refractivity contribution in [1.82, 2.24) is 4.90 Å². The summed E-state index contributed by atoms with van der Waals surface area (Å²) in [6.45, 7) is 1.43. The van der Waals surface area contributed by atoms with E-state index in [1.807, 2.05) is 36.4 Å². The SMILES string of the molecule is COc1cc([C@@H](O)[C@H](N=C(c2ccccc2)c2ccccc2[N-]C(=O)[C@@H]2CCCN2Cc2ccccc2)C(=O)O)cc(OC)c1OC.[Ni]. The number of hydrogen-bond donors (Lipinski definition) is 2. The molecule has 1 fully saturated rings. The Morgan fingerprint density at radius 2 is 1.50 bits per heavy atom. The maximum Gasteiger partial charge on any atom is 0.331 e. The Morgan fingerprint density at radius 3 is 2.10 bits per heavy atom. The number of carboxylic acid groups (broad SMARTS) is 1. The number of amides is 1. The number of carboxylic acids is 1. The monoisotopic (exact) mass is 694 g/mol. The minimum atomic E-state index is -1.65. The summed E-state index contributed by atoms with van der Waals surface area (Å²) in [6.07, 6.45) is -0.0226. The molecule has 4 aromatic rings. The van der Waals surface area contributed by atoms with E-state index < -0.39 is 18.1 Å². The molecule has 1 amide bonds. The number of aliphatic hydroxyl groups excluding tert-OH is 1. The second-order valence-electron chi connectivity index (χ2n) is 11.1. The fourth-order valence-corrected chi connectivity index (χ4v) is 5.83. The number of para-hydroxylation sites is 1. The Labute approximate surface area is 290 Å². The van der Waals surface area contributed by atoms with Crippen LogP contribution in [0.2, 0.25) is 0 Å². The van der Waals surface area contributed by atoms with Gasteiger partial charge in [0.2, 0.25) is 5.75 Å². The van der Waals surface area contributed by atoms with Crippen molar-refractivity contribution < 1.29 is 50.5 Å². The average molecular weight is 695 g/mol. The van der Waals surface area contributed by atoms with Crippen molar-refractivity contribution in [2.45, 2.75) is 37.6 Å². The van der Waals surface area contributed by atoms with E-state index >= 15 is 0 Å². The van der Waals surface area contributed by atoms with Crippen molar-refractivity contribution in [3.8, 4) is 17.2 Å². The minimum absolute atomic E-state index is 0. The van der Waals surface area contributed by atoms with E-state index in [4.69, 9.17) is 14.2 Å². The molecule has 254 valence electrons. The number of nitrogens with zero attached hydrogens (tertiary/aromatic N) is 3. The molecule has 1 saturated heterocycles. The first-order valence-electron chi connectivity index (χ1n) is 15.3. The molecule has 1 heterocycles. The molecular formula is C37H38N3NiO7-. The second-order valence-corrected chi connectivity index (χ2v) is 11.1. The fourth-order valence-electron chi connectivity index (χ4n) is 5.83. The molecule has 5 rings (SSSR count). The number of hydrogen-bond acceptors (Lipinski definition) is 8. The van der Waals surface area contributed by atoms with Gasteiger partial charge in [0, 0.05) is 28.6 Å². The fraction of sp³-hybridized carbons (Fsp3) is 0.270. The predicted molar refractivity (Wildman–Crippen MR) is 179 cm³/mol. The first kappa shape index (κ1) is 36.1. The van der Waals surface area contributed by atoms with Crippen LogP contribution in [-0.4, -0.2) is 72.7 Å². The molecular weight excluding hydrogens is 657 g/mol. The molecule has 0 radical (unpaired) electrons. The van der Waals surface area contributed by atoms with Gasteiger partial charge in [-0.05, 0) is 48.2 Å². The smallest absolute Gasteiger partial charge is 0.331 e. The molecule has 0 spiro atoms. The van der Waals surface area contributed by atoms with E-state index in [1.165, 1.54) is 33.5 Å². The Kier molecular flexibility index (Phi) is 12.7. The Hall–Kier alpha value is -4.70. The summed E-state index contributed by atoms with van der Waals surface area (Å²) in [6, 6.07) is 27.0. The van der Waals surface area contributed by atoms with Crippen LogP contribution in [0.1, 0.15) is 41.2 Å². The van der Waals surface area contributed by atoms with Crippen LogP contribution in [0.25, 0.3) is 5.32 Å². The van der Waals surface area contributed by atoms with Crippen molar-refractivity contribution in [3.63, 3.8) is 0 Å². The van der Waals surface area contributed by atoms with Gasteiger partial charge in [-0.2, -0.15) is 0 Å². The Balaban J connectivity index is 0.00000520. The van der Waals surface area contributed by atoms with Gasteiger partial charge < -0.3 is 34.5 Å². The van der Waals surface area contributed by atoms with Gasteiger partial charge in [-0.1, -0.05) is 84.9 Å². The number of aliphatic hydroxyl groups is 1. The van der Waals surface area contributed by atoms with Crippen LogP contribution in [0, 0.1) is 0 Å². The molecule has 0 aliphatic carbocycles. The first-order chi connectivity index (χ1) is 22.8. The summed E-state index contributed by atoms with van der Waals surface area (Å²) in [4.78, 5) is 33.2. The topological polar surface area (TPSA) is 132 Å². The van der Waals surface area contributed by atoms with E-state index in [0.29, 0.717) is 35.5 Å². The average Bonchev–Trinajstić information content (AvgIpc) is 3.57. The number of carbonyl (C=O) groups is 2. The van der Waals surface area contributed by atoms with E-state index in [2.05, 4.69) is 15.2 Å². The molecule has 2 N–H and O–H groups in total. The summed E-state index contributed by atoms with van der Waals surface area (Å²) in [5.41, 5.74) is 3.01. The maximum atomic E-state index is 13.7. The number of benzene rings is 4. The third-order valence-electron chi connectivity index (χ3n) is 8.16. The molecule has 11 heteroatoms. The Morgan fingerprint density at radius 1 is 0.896 bits per heavy atom. The third-order valence-corrected chi connectivity index (χ3v) is 8.16. The van der Waals surface area contributed by atoms with Crippen molar-refractivity contribution in [2.24, 2.45) is 4.99 Å². The number of methoxy groups -OCH3 is 3. The van der Waals surface area contributed by atoms with Crippen LogP contribution in [0.5, 0.6) is 17.2 Å². The molecule has 0 unspecified atom stereocenters. The molecule has 3 atom stereocenters. The molecule has 10 nitrogen and oxygen atoms in total. The standard InChI is InChI=1S/C37H39N3O7.Ni/c1-45-30-21-26(22-31(46-2)35(30)47-3)34(41)33(37(43)44)39-32(25-15-8-5-9-16-25)27-17-10-11-18-28(27)38-36(42)29-19-12-20-40(29)23-24-13-6-4-7-14-24;/h4-11,13-18,21-22,29,33-34,41H,12,19-20,23H2,1-3H3,(H2,38,39,42,43,44);/p-1/t29-,33-,34+;/m0./s1. The zero-order valence-electron chi connectivity index (χ0n) is 26.9. The zero-order valence-corrected chi connectivity index (χ0v) is 27.9. The Bertz CT molecular complexity index is 1690. The number of rotatable bonds is 13. The van der Waals surface area contributed by atoms with Crippen LogP contribution < -0.4 is 14.2 Å². The first-order valence-corrected chi connectivity index (χ1v) is 15.3. The number of ether oxygens (including phenoxy) is 3. The van der Waals surface area contributed by atoms with Crippen molar-refractivity contribution in [2.75, 3.05) is 27.9 Å². The molecule has 0 aromatic heterocycles. The molecule has 1 aliphatic rings. The van der Waals surface area contributed by atoms with Gasteiger partial charge in [-0.3, -0.25) is 9.89 Å². The molecule has 4 aromatic carbocycles. The van der Waals surface area contributed by atoms with Crippen LogP contribution in [0.3, 0.4) is 0 Å². The van der Waals surface area contributed by atoms with Crippen molar-refractivity contribution in [3.05, 3.63) is 125 Å². The normalized spacial score (nSPS) is 15.9. The number of aliphatic carboxylic acids is 1. The molecule has 1 aliphatic heterocycles. The van der Waals surface area contributed by atoms with Gasteiger partial charge in [0.25, 0.3) is 0 Å². The van der Waals surface area contributed by atoms with E-state index in [-0.39, 0.29) is 51.2 Å². The number of likely N-dealkylation sites (tertiary alicyclic amines) is 1. The van der Waals surface area contributed by atoms with Gasteiger partial charge in [0.1, 0.15) is 6.10 Å². The summed E-state index contributed by atoms with van der Waals surface area (Å²) >= 11 is 0. The minimum Gasteiger partial charge on any atom is -0.625 e. The molecule has 48 heavy (non-hydrogen) atoms. The van der Waals surface area contributed by atoms with Crippen LogP contribution in [0.4, 0.5) is 5.69 Å². The zero-order chi connectivity index (χ0) is 33.3. The van der Waals surface area contributed by atoms with Crippen molar-refractivity contribution in [1.29, 1.82) is 0 Å². The van der Waals surface area contributed by atoms with Gasteiger partial charge >= 0.3 is 5.97 Å². The number of aliphatic imine (C=N–C) groups is 1.